The molecule has 0 spiro atoms. The number of aromatic nitrogens is 3. The number of carbonyl (C=O) groups excluding carboxylic acids is 1. The summed E-state index contributed by atoms with van der Waals surface area (Å²) in [5, 5.41) is 11.9. The summed E-state index contributed by atoms with van der Waals surface area (Å²) in [4.78, 5) is 13.4. The van der Waals surface area contributed by atoms with Crippen LogP contribution in [0.25, 0.3) is 0 Å². The van der Waals surface area contributed by atoms with Gasteiger partial charge in [0.1, 0.15) is 5.82 Å². The predicted octanol–water partition coefficient (Wildman–Crippen LogP) is 4.29. The molecule has 0 bridgehead atoms. The number of hydrogen-bond acceptors (Lipinski definition) is 3. The normalized spacial score (nSPS) is 19.1. The Kier molecular flexibility index (Phi) is 5.62. The van der Waals surface area contributed by atoms with Crippen LogP contribution in [0.15, 0.2) is 28.7 Å². The molecule has 1 aliphatic carbocycles. The maximum Gasteiger partial charge on any atom is 0.231 e. The molecule has 1 aromatic carbocycles. The predicted molar refractivity (Wildman–Crippen MR) is 108 cm³/mol. The zero-order valence-corrected chi connectivity index (χ0v) is 17.3. The number of nitrogens with one attached hydrogen (secondary N) is 1. The van der Waals surface area contributed by atoms with Gasteiger partial charge in [-0.3, -0.25) is 4.79 Å². The summed E-state index contributed by atoms with van der Waals surface area (Å²) in [5.41, 5.74) is 0.693. The quantitative estimate of drug-likeness (QED) is 0.786. The molecule has 2 aliphatic rings. The molecule has 0 saturated heterocycles. The third-order valence-electron chi connectivity index (χ3n) is 6.11. The van der Waals surface area contributed by atoms with Crippen LogP contribution >= 0.6 is 15.9 Å². The first kappa shape index (κ1) is 18.7. The topological polar surface area (TPSA) is 59.8 Å². The minimum absolute atomic E-state index is 0.131. The van der Waals surface area contributed by atoms with E-state index >= 15 is 0 Å². The van der Waals surface area contributed by atoms with Crippen molar-refractivity contribution < 1.29 is 4.79 Å². The zero-order valence-electron chi connectivity index (χ0n) is 15.7. The maximum absolute atomic E-state index is 13.4. The van der Waals surface area contributed by atoms with E-state index in [-0.39, 0.29) is 5.91 Å². The Labute approximate surface area is 169 Å². The van der Waals surface area contributed by atoms with Gasteiger partial charge in [0, 0.05) is 17.4 Å². The van der Waals surface area contributed by atoms with E-state index in [9.17, 15) is 4.79 Å². The van der Waals surface area contributed by atoms with Crippen LogP contribution in [0.2, 0.25) is 0 Å². The van der Waals surface area contributed by atoms with Crippen LogP contribution in [-0.2, 0) is 29.7 Å². The summed E-state index contributed by atoms with van der Waals surface area (Å²) in [6.07, 6.45) is 9.79. The molecule has 1 saturated carbocycles. The molecule has 2 heterocycles. The average molecular weight is 431 g/mol. The summed E-state index contributed by atoms with van der Waals surface area (Å²) < 4.78 is 3.24. The van der Waals surface area contributed by atoms with Crippen molar-refractivity contribution in [1.29, 1.82) is 0 Å². The minimum atomic E-state index is -0.427. The first-order chi connectivity index (χ1) is 13.2. The number of benzene rings is 1. The van der Waals surface area contributed by atoms with E-state index in [1.54, 1.807) is 0 Å². The SMILES string of the molecule is O=C(NCc1nnc2n1CCCCC2)C1(c2cccc(Br)c2)CCCCC1. The van der Waals surface area contributed by atoms with Crippen LogP contribution in [-0.4, -0.2) is 20.7 Å². The fourth-order valence-electron chi connectivity index (χ4n) is 4.59. The van der Waals surface area contributed by atoms with Gasteiger partial charge < -0.3 is 9.88 Å². The molecular formula is C21H27BrN4O. The van der Waals surface area contributed by atoms with E-state index in [2.05, 4.69) is 48.1 Å². The van der Waals surface area contributed by atoms with Crippen molar-refractivity contribution in [2.45, 2.75) is 76.3 Å². The number of aryl methyl sites for hydroxylation is 1. The highest BCUT2D eigenvalue weighted by Gasteiger charge is 2.41. The Bertz CT molecular complexity index is 810. The molecule has 5 nitrogen and oxygen atoms in total. The fraction of sp³-hybridized carbons (Fsp3) is 0.571. The molecule has 1 fully saturated rings. The molecule has 1 N–H and O–H groups in total. The first-order valence-corrected chi connectivity index (χ1v) is 10.9. The highest BCUT2D eigenvalue weighted by atomic mass is 79.9. The molecule has 1 aromatic heterocycles. The molecule has 0 atom stereocenters. The van der Waals surface area contributed by atoms with E-state index < -0.39 is 5.41 Å². The largest absolute Gasteiger partial charge is 0.348 e. The molecule has 1 aliphatic heterocycles. The number of amides is 1. The average Bonchev–Trinajstić information content (AvgIpc) is 2.92. The summed E-state index contributed by atoms with van der Waals surface area (Å²) >= 11 is 3.57. The molecule has 4 rings (SSSR count). The number of fused-ring (bicyclic) bond motifs is 1. The van der Waals surface area contributed by atoms with Crippen LogP contribution in [0.5, 0.6) is 0 Å². The van der Waals surface area contributed by atoms with Gasteiger partial charge in [-0.2, -0.15) is 0 Å². The highest BCUT2D eigenvalue weighted by Crippen LogP contribution is 2.40. The Balaban J connectivity index is 1.54. The number of carbonyl (C=O) groups is 1. The van der Waals surface area contributed by atoms with E-state index in [0.717, 1.165) is 66.8 Å². The van der Waals surface area contributed by atoms with Gasteiger partial charge in [-0.05, 0) is 43.4 Å². The molecule has 144 valence electrons. The van der Waals surface area contributed by atoms with E-state index in [0.29, 0.717) is 6.54 Å². The van der Waals surface area contributed by atoms with Gasteiger partial charge in [0.2, 0.25) is 5.91 Å². The van der Waals surface area contributed by atoms with Crippen molar-refractivity contribution >= 4 is 21.8 Å². The number of halogens is 1. The lowest BCUT2D eigenvalue weighted by atomic mass is 9.68. The van der Waals surface area contributed by atoms with Crippen molar-refractivity contribution in [1.82, 2.24) is 20.1 Å². The van der Waals surface area contributed by atoms with Gasteiger partial charge >= 0.3 is 0 Å². The molecule has 6 heteroatoms. The van der Waals surface area contributed by atoms with Crippen molar-refractivity contribution in [3.8, 4) is 0 Å². The van der Waals surface area contributed by atoms with Crippen molar-refractivity contribution in [2.24, 2.45) is 0 Å². The number of rotatable bonds is 4. The Morgan fingerprint density at radius 1 is 1.11 bits per heavy atom. The second-order valence-corrected chi connectivity index (χ2v) is 8.75. The Morgan fingerprint density at radius 3 is 2.74 bits per heavy atom. The summed E-state index contributed by atoms with van der Waals surface area (Å²) in [7, 11) is 0. The van der Waals surface area contributed by atoms with E-state index in [4.69, 9.17) is 0 Å². The summed E-state index contributed by atoms with van der Waals surface area (Å²) in [5.74, 6) is 2.09. The van der Waals surface area contributed by atoms with Crippen molar-refractivity contribution in [2.75, 3.05) is 0 Å². The fourth-order valence-corrected chi connectivity index (χ4v) is 4.99. The van der Waals surface area contributed by atoms with Crippen LogP contribution in [0.1, 0.15) is 68.6 Å². The summed E-state index contributed by atoms with van der Waals surface area (Å²) in [6, 6.07) is 8.25. The molecule has 27 heavy (non-hydrogen) atoms. The van der Waals surface area contributed by atoms with Gasteiger partial charge in [0.25, 0.3) is 0 Å². The van der Waals surface area contributed by atoms with E-state index in [1.807, 2.05) is 12.1 Å². The molecule has 0 unspecified atom stereocenters. The van der Waals surface area contributed by atoms with Gasteiger partial charge in [-0.25, -0.2) is 0 Å². The number of nitrogens with zero attached hydrogens (tertiary/aromatic N) is 3. The van der Waals surface area contributed by atoms with Crippen LogP contribution in [0, 0.1) is 0 Å². The third-order valence-corrected chi connectivity index (χ3v) is 6.61. The minimum Gasteiger partial charge on any atom is -0.348 e. The standard InChI is InChI=1S/C21H27BrN4O/c22-17-9-7-8-16(14-17)21(11-4-2-5-12-21)20(27)23-15-19-25-24-18-10-3-1-6-13-26(18)19/h7-9,14H,1-6,10-13,15H2,(H,23,27). The molecule has 0 radical (unpaired) electrons. The van der Waals surface area contributed by atoms with Crippen LogP contribution in [0.4, 0.5) is 0 Å². The van der Waals surface area contributed by atoms with Crippen molar-refractivity contribution in [3.63, 3.8) is 0 Å². The molecule has 2 aromatic rings. The second kappa shape index (κ2) is 8.13. The molecule has 1 amide bonds. The van der Waals surface area contributed by atoms with Gasteiger partial charge in [0.05, 0.1) is 12.0 Å². The smallest absolute Gasteiger partial charge is 0.231 e. The monoisotopic (exact) mass is 430 g/mol. The van der Waals surface area contributed by atoms with Gasteiger partial charge in [-0.15, -0.1) is 10.2 Å². The maximum atomic E-state index is 13.4. The lowest BCUT2D eigenvalue weighted by Gasteiger charge is -2.36. The Hall–Kier alpha value is -1.69. The van der Waals surface area contributed by atoms with E-state index in [1.165, 1.54) is 19.3 Å². The van der Waals surface area contributed by atoms with Crippen LogP contribution in [0.3, 0.4) is 0 Å². The lowest BCUT2D eigenvalue weighted by Crippen LogP contribution is -2.45. The Morgan fingerprint density at radius 2 is 1.93 bits per heavy atom. The summed E-state index contributed by atoms with van der Waals surface area (Å²) in [6.45, 7) is 1.42. The van der Waals surface area contributed by atoms with Crippen LogP contribution < -0.4 is 5.32 Å². The van der Waals surface area contributed by atoms with Gasteiger partial charge in [-0.1, -0.05) is 53.7 Å². The number of hydrogen-bond donors (Lipinski definition) is 1. The van der Waals surface area contributed by atoms with Gasteiger partial charge in [0.15, 0.2) is 5.82 Å². The third kappa shape index (κ3) is 3.82. The first-order valence-electron chi connectivity index (χ1n) is 10.1. The second-order valence-electron chi connectivity index (χ2n) is 7.83. The van der Waals surface area contributed by atoms with Crippen molar-refractivity contribution in [3.05, 3.63) is 46.0 Å². The lowest BCUT2D eigenvalue weighted by molar-refractivity contribution is -0.128. The zero-order chi connectivity index (χ0) is 18.7. The molecular weight excluding hydrogens is 404 g/mol. The highest BCUT2D eigenvalue weighted by molar-refractivity contribution is 9.10.